The zero-order valence-electron chi connectivity index (χ0n) is 12.4. The van der Waals surface area contributed by atoms with E-state index in [1.165, 1.54) is 0 Å². The van der Waals surface area contributed by atoms with Crippen LogP contribution >= 0.6 is 11.8 Å². The number of pyridine rings is 1. The van der Waals surface area contributed by atoms with Gasteiger partial charge in [-0.15, -0.1) is 11.8 Å². The summed E-state index contributed by atoms with van der Waals surface area (Å²) < 4.78 is 5.44. The van der Waals surface area contributed by atoms with Gasteiger partial charge in [0, 0.05) is 24.5 Å². The molecule has 0 saturated carbocycles. The molecule has 4 nitrogen and oxygen atoms in total. The van der Waals surface area contributed by atoms with Crippen LogP contribution in [0.5, 0.6) is 5.75 Å². The molecule has 1 amide bonds. The number of para-hydroxylation sites is 1. The van der Waals surface area contributed by atoms with Gasteiger partial charge in [0.15, 0.2) is 0 Å². The molecule has 0 spiro atoms. The van der Waals surface area contributed by atoms with Crippen LogP contribution in [0.1, 0.15) is 16.5 Å². The zero-order chi connectivity index (χ0) is 15.4. The normalized spacial score (nSPS) is 17.8. The summed E-state index contributed by atoms with van der Waals surface area (Å²) in [5, 5.41) is 0.0281. The number of carbonyl (C=O) groups excluding carboxylic acids is 1. The number of aromatic nitrogens is 1. The SMILES string of the molecule is COc1ccccc1C1SCC(=O)N1CCc1cccnc1. The van der Waals surface area contributed by atoms with Gasteiger partial charge >= 0.3 is 0 Å². The highest BCUT2D eigenvalue weighted by Crippen LogP contribution is 2.42. The lowest BCUT2D eigenvalue weighted by Crippen LogP contribution is -2.30. The second kappa shape index (κ2) is 6.83. The molecule has 1 aromatic carbocycles. The Morgan fingerprint density at radius 3 is 2.95 bits per heavy atom. The highest BCUT2D eigenvalue weighted by Gasteiger charge is 2.33. The molecule has 1 saturated heterocycles. The minimum Gasteiger partial charge on any atom is -0.496 e. The number of benzene rings is 1. The maximum atomic E-state index is 12.2. The molecule has 22 heavy (non-hydrogen) atoms. The van der Waals surface area contributed by atoms with Crippen LogP contribution in [-0.2, 0) is 11.2 Å². The van der Waals surface area contributed by atoms with Gasteiger partial charge < -0.3 is 9.64 Å². The fourth-order valence-corrected chi connectivity index (χ4v) is 3.86. The number of rotatable bonds is 5. The molecule has 1 aliphatic rings. The summed E-state index contributed by atoms with van der Waals surface area (Å²) in [7, 11) is 1.67. The zero-order valence-corrected chi connectivity index (χ0v) is 13.3. The largest absolute Gasteiger partial charge is 0.496 e. The van der Waals surface area contributed by atoms with Gasteiger partial charge in [-0.1, -0.05) is 24.3 Å². The first-order valence-corrected chi connectivity index (χ1v) is 8.27. The second-order valence-electron chi connectivity index (χ2n) is 5.10. The van der Waals surface area contributed by atoms with Crippen LogP contribution < -0.4 is 4.74 Å². The van der Waals surface area contributed by atoms with Crippen molar-refractivity contribution >= 4 is 17.7 Å². The first-order chi connectivity index (χ1) is 10.8. The number of hydrogen-bond acceptors (Lipinski definition) is 4. The lowest BCUT2D eigenvalue weighted by atomic mass is 10.1. The van der Waals surface area contributed by atoms with E-state index in [1.54, 1.807) is 25.1 Å². The van der Waals surface area contributed by atoms with Crippen LogP contribution in [0.2, 0.25) is 0 Å². The highest BCUT2D eigenvalue weighted by atomic mass is 32.2. The molecule has 1 aromatic heterocycles. The van der Waals surface area contributed by atoms with Crippen molar-refractivity contribution in [2.45, 2.75) is 11.8 Å². The Hall–Kier alpha value is -2.01. The average molecular weight is 314 g/mol. The molecule has 2 heterocycles. The molecule has 0 N–H and O–H groups in total. The van der Waals surface area contributed by atoms with Gasteiger partial charge in [0.05, 0.1) is 12.9 Å². The van der Waals surface area contributed by atoms with Crippen LogP contribution in [0.15, 0.2) is 48.8 Å². The summed E-state index contributed by atoms with van der Waals surface area (Å²) in [6, 6.07) is 11.9. The molecule has 0 radical (unpaired) electrons. The van der Waals surface area contributed by atoms with Gasteiger partial charge in [0.1, 0.15) is 11.1 Å². The fraction of sp³-hybridized carbons (Fsp3) is 0.294. The lowest BCUT2D eigenvalue weighted by molar-refractivity contribution is -0.128. The quantitative estimate of drug-likeness (QED) is 0.851. The summed E-state index contributed by atoms with van der Waals surface area (Å²) in [5.74, 6) is 1.54. The summed E-state index contributed by atoms with van der Waals surface area (Å²) in [6.07, 6.45) is 4.43. The molecule has 1 atom stereocenters. The van der Waals surface area contributed by atoms with Crippen LogP contribution in [0.25, 0.3) is 0 Å². The van der Waals surface area contributed by atoms with Crippen LogP contribution in [0, 0.1) is 0 Å². The molecular formula is C17H18N2O2S. The standard InChI is InChI=1S/C17H18N2O2S/c1-21-15-7-3-2-6-14(15)17-19(16(20)12-22-17)10-8-13-5-4-9-18-11-13/h2-7,9,11,17H,8,10,12H2,1H3. The lowest BCUT2D eigenvalue weighted by Gasteiger charge is -2.25. The first-order valence-electron chi connectivity index (χ1n) is 7.22. The van der Waals surface area contributed by atoms with Gasteiger partial charge in [-0.05, 0) is 24.1 Å². The minimum atomic E-state index is 0.0281. The van der Waals surface area contributed by atoms with Crippen molar-refractivity contribution in [2.75, 3.05) is 19.4 Å². The molecule has 5 heteroatoms. The van der Waals surface area contributed by atoms with E-state index in [-0.39, 0.29) is 11.3 Å². The Morgan fingerprint density at radius 1 is 1.32 bits per heavy atom. The van der Waals surface area contributed by atoms with Gasteiger partial charge in [-0.3, -0.25) is 9.78 Å². The maximum absolute atomic E-state index is 12.2. The molecule has 0 aliphatic carbocycles. The Morgan fingerprint density at radius 2 is 2.18 bits per heavy atom. The van der Waals surface area contributed by atoms with E-state index in [9.17, 15) is 4.79 Å². The summed E-state index contributed by atoms with van der Waals surface area (Å²) in [5.41, 5.74) is 2.21. The van der Waals surface area contributed by atoms with E-state index in [1.807, 2.05) is 47.5 Å². The molecule has 1 unspecified atom stereocenters. The van der Waals surface area contributed by atoms with E-state index in [0.29, 0.717) is 12.3 Å². The van der Waals surface area contributed by atoms with Crippen LogP contribution in [-0.4, -0.2) is 35.2 Å². The number of methoxy groups -OCH3 is 1. The van der Waals surface area contributed by atoms with Gasteiger partial charge in [-0.25, -0.2) is 0 Å². The van der Waals surface area contributed by atoms with Crippen molar-refractivity contribution in [3.05, 3.63) is 59.9 Å². The van der Waals surface area contributed by atoms with E-state index in [2.05, 4.69) is 4.98 Å². The third-order valence-electron chi connectivity index (χ3n) is 3.74. The number of nitrogens with zero attached hydrogens (tertiary/aromatic N) is 2. The predicted octanol–water partition coefficient (Wildman–Crippen LogP) is 2.91. The second-order valence-corrected chi connectivity index (χ2v) is 6.17. The molecule has 3 rings (SSSR count). The fourth-order valence-electron chi connectivity index (χ4n) is 2.62. The third kappa shape index (κ3) is 3.09. The number of thioether (sulfide) groups is 1. The van der Waals surface area contributed by atoms with Crippen LogP contribution in [0.4, 0.5) is 0 Å². The Bertz CT molecular complexity index is 648. The van der Waals surface area contributed by atoms with Crippen molar-refractivity contribution in [2.24, 2.45) is 0 Å². The number of hydrogen-bond donors (Lipinski definition) is 0. The number of carbonyl (C=O) groups is 1. The van der Waals surface area contributed by atoms with E-state index >= 15 is 0 Å². The van der Waals surface area contributed by atoms with E-state index in [4.69, 9.17) is 4.74 Å². The number of amides is 1. The summed E-state index contributed by atoms with van der Waals surface area (Å²) in [4.78, 5) is 18.3. The van der Waals surface area contributed by atoms with E-state index in [0.717, 1.165) is 23.3 Å². The van der Waals surface area contributed by atoms with Gasteiger partial charge in [-0.2, -0.15) is 0 Å². The molecule has 114 valence electrons. The third-order valence-corrected chi connectivity index (χ3v) is 4.98. The van der Waals surface area contributed by atoms with E-state index < -0.39 is 0 Å². The molecule has 2 aromatic rings. The predicted molar refractivity (Wildman–Crippen MR) is 87.8 cm³/mol. The van der Waals surface area contributed by atoms with Crippen molar-refractivity contribution in [3.63, 3.8) is 0 Å². The van der Waals surface area contributed by atoms with Gasteiger partial charge in [0.25, 0.3) is 0 Å². The Labute approximate surface area is 134 Å². The first kappa shape index (κ1) is 14.9. The summed E-state index contributed by atoms with van der Waals surface area (Å²) in [6.45, 7) is 0.695. The Balaban J connectivity index is 1.77. The van der Waals surface area contributed by atoms with Crippen molar-refractivity contribution < 1.29 is 9.53 Å². The summed E-state index contributed by atoms with van der Waals surface area (Å²) >= 11 is 1.66. The molecular weight excluding hydrogens is 296 g/mol. The van der Waals surface area contributed by atoms with Crippen molar-refractivity contribution in [1.29, 1.82) is 0 Å². The molecule has 0 bridgehead atoms. The monoisotopic (exact) mass is 314 g/mol. The number of ether oxygens (including phenoxy) is 1. The molecule has 1 aliphatic heterocycles. The highest BCUT2D eigenvalue weighted by molar-refractivity contribution is 8.00. The maximum Gasteiger partial charge on any atom is 0.233 e. The molecule has 1 fully saturated rings. The topological polar surface area (TPSA) is 42.4 Å². The van der Waals surface area contributed by atoms with Crippen LogP contribution in [0.3, 0.4) is 0 Å². The Kier molecular flexibility index (Phi) is 4.63. The minimum absolute atomic E-state index is 0.0281. The average Bonchev–Trinajstić information content (AvgIpc) is 2.94. The van der Waals surface area contributed by atoms with Crippen molar-refractivity contribution in [3.8, 4) is 5.75 Å². The van der Waals surface area contributed by atoms with Crippen molar-refractivity contribution in [1.82, 2.24) is 9.88 Å². The van der Waals surface area contributed by atoms with Gasteiger partial charge in [0.2, 0.25) is 5.91 Å². The smallest absolute Gasteiger partial charge is 0.233 e.